The lowest BCUT2D eigenvalue weighted by Crippen LogP contribution is -2.49. The molecule has 1 aliphatic rings. The fraction of sp³-hybridized carbons (Fsp3) is 0.417. The van der Waals surface area contributed by atoms with Gasteiger partial charge < -0.3 is 21.7 Å². The summed E-state index contributed by atoms with van der Waals surface area (Å²) in [6.45, 7) is 2.82. The number of anilines is 1. The Labute approximate surface area is 203 Å². The van der Waals surface area contributed by atoms with Crippen LogP contribution in [0.25, 0.3) is 0 Å². The lowest BCUT2D eigenvalue weighted by molar-refractivity contribution is -0.119. The molecule has 10 heteroatoms. The summed E-state index contributed by atoms with van der Waals surface area (Å²) in [7, 11) is 0. The number of aromatic nitrogens is 1. The molecule has 1 aromatic carbocycles. The molecule has 34 heavy (non-hydrogen) atoms. The van der Waals surface area contributed by atoms with Crippen LogP contribution < -0.4 is 21.7 Å². The quantitative estimate of drug-likeness (QED) is 0.486. The van der Waals surface area contributed by atoms with E-state index < -0.39 is 12.2 Å². The molecule has 2 aromatic rings. The zero-order valence-corrected chi connectivity index (χ0v) is 19.9. The highest BCUT2D eigenvalue weighted by molar-refractivity contribution is 7.98. The Kier molecular flexibility index (Phi) is 8.83. The van der Waals surface area contributed by atoms with Crippen molar-refractivity contribution in [3.8, 4) is 12.1 Å². The first kappa shape index (κ1) is 25.4. The van der Waals surface area contributed by atoms with Crippen molar-refractivity contribution in [2.45, 2.75) is 49.3 Å². The van der Waals surface area contributed by atoms with Crippen molar-refractivity contribution in [2.75, 3.05) is 24.5 Å². The molecule has 0 unspecified atom stereocenters. The largest absolute Gasteiger partial charge is 0.352 e. The van der Waals surface area contributed by atoms with E-state index in [-0.39, 0.29) is 19.0 Å². The SMILES string of the molecule is CCc1c(C#N)c(SCc2ccc(CNC(=O)CN)cc2)nc(N2CC[C@H](N)[C@H](F)C2)c1C#N. The average Bonchev–Trinajstić information content (AvgIpc) is 2.86. The Morgan fingerprint density at radius 3 is 2.53 bits per heavy atom. The highest BCUT2D eigenvalue weighted by Crippen LogP contribution is 2.34. The van der Waals surface area contributed by atoms with E-state index in [2.05, 4.69) is 22.4 Å². The number of nitrogens with zero attached hydrogens (tertiary/aromatic N) is 4. The maximum absolute atomic E-state index is 14.3. The van der Waals surface area contributed by atoms with Gasteiger partial charge in [-0.05, 0) is 29.5 Å². The number of benzene rings is 1. The first-order valence-corrected chi connectivity index (χ1v) is 12.1. The molecule has 1 aromatic heterocycles. The Bertz CT molecular complexity index is 1110. The number of nitrogens with two attached hydrogens (primary N) is 2. The van der Waals surface area contributed by atoms with Crippen LogP contribution in [0.15, 0.2) is 29.3 Å². The topological polar surface area (TPSA) is 145 Å². The zero-order chi connectivity index (χ0) is 24.7. The number of carbonyl (C=O) groups is 1. The number of nitrogens with one attached hydrogen (secondary N) is 1. The molecular formula is C24H28FN7OS. The molecule has 1 aliphatic heterocycles. The first-order valence-electron chi connectivity index (χ1n) is 11.1. The number of hydrogen-bond donors (Lipinski definition) is 3. The Balaban J connectivity index is 1.84. The standard InChI is InChI=1S/C24H28FN7OS/c1-2-17-18(9-26)23(32-8-7-21(29)20(25)13-32)31-24(19(17)10-27)34-14-16-5-3-15(4-6-16)12-30-22(33)11-28/h3-6,20-21H,2,7-8,11-14,28-29H2,1H3,(H,30,33)/t20-,21+/m1/s1. The van der Waals surface area contributed by atoms with Gasteiger partial charge >= 0.3 is 0 Å². The van der Waals surface area contributed by atoms with Gasteiger partial charge in [0.2, 0.25) is 5.91 Å². The van der Waals surface area contributed by atoms with Gasteiger partial charge in [-0.25, -0.2) is 9.37 Å². The van der Waals surface area contributed by atoms with Crippen molar-refractivity contribution in [1.29, 1.82) is 10.5 Å². The number of rotatable bonds is 8. The van der Waals surface area contributed by atoms with Gasteiger partial charge in [0.05, 0.1) is 24.2 Å². The molecule has 5 N–H and O–H groups in total. The van der Waals surface area contributed by atoms with E-state index in [4.69, 9.17) is 11.5 Å². The van der Waals surface area contributed by atoms with Crippen molar-refractivity contribution in [1.82, 2.24) is 10.3 Å². The molecule has 8 nitrogen and oxygen atoms in total. The molecule has 178 valence electrons. The first-order chi connectivity index (χ1) is 16.4. The van der Waals surface area contributed by atoms with Crippen LogP contribution in [0.4, 0.5) is 10.2 Å². The molecule has 0 radical (unpaired) electrons. The summed E-state index contributed by atoms with van der Waals surface area (Å²) in [5, 5.41) is 22.9. The predicted molar refractivity (Wildman–Crippen MR) is 130 cm³/mol. The third-order valence-corrected chi connectivity index (χ3v) is 6.84. The summed E-state index contributed by atoms with van der Waals surface area (Å²) in [5.41, 5.74) is 14.4. The highest BCUT2D eigenvalue weighted by atomic mass is 32.2. The van der Waals surface area contributed by atoms with Gasteiger partial charge in [-0.3, -0.25) is 4.79 Å². The van der Waals surface area contributed by atoms with Crippen molar-refractivity contribution >= 4 is 23.5 Å². The van der Waals surface area contributed by atoms with Crippen molar-refractivity contribution in [3.05, 3.63) is 52.1 Å². The van der Waals surface area contributed by atoms with Crippen molar-refractivity contribution in [2.24, 2.45) is 11.5 Å². The van der Waals surface area contributed by atoms with Crippen LogP contribution in [0, 0.1) is 22.7 Å². The molecule has 1 fully saturated rings. The van der Waals surface area contributed by atoms with Crippen LogP contribution in [-0.2, 0) is 23.5 Å². The minimum absolute atomic E-state index is 0.0501. The van der Waals surface area contributed by atoms with Gasteiger partial charge in [0.15, 0.2) is 0 Å². The summed E-state index contributed by atoms with van der Waals surface area (Å²) in [6, 6.07) is 11.6. The molecule has 2 heterocycles. The van der Waals surface area contributed by atoms with Gasteiger partial charge in [0, 0.05) is 24.9 Å². The van der Waals surface area contributed by atoms with Gasteiger partial charge in [-0.1, -0.05) is 31.2 Å². The smallest absolute Gasteiger partial charge is 0.234 e. The second-order valence-electron chi connectivity index (χ2n) is 8.05. The molecule has 0 aliphatic carbocycles. The molecular weight excluding hydrogens is 453 g/mol. The summed E-state index contributed by atoms with van der Waals surface area (Å²) >= 11 is 1.41. The van der Waals surface area contributed by atoms with E-state index in [0.29, 0.717) is 59.2 Å². The molecule has 3 rings (SSSR count). The summed E-state index contributed by atoms with van der Waals surface area (Å²) in [5.74, 6) is 0.761. The van der Waals surface area contributed by atoms with E-state index in [9.17, 15) is 19.7 Å². The number of thioether (sulfide) groups is 1. The number of piperidine rings is 1. The molecule has 1 amide bonds. The number of amides is 1. The van der Waals surface area contributed by atoms with Crippen LogP contribution in [0.5, 0.6) is 0 Å². The number of nitriles is 2. The maximum Gasteiger partial charge on any atom is 0.234 e. The third-order valence-electron chi connectivity index (χ3n) is 5.79. The van der Waals surface area contributed by atoms with Gasteiger partial charge in [-0.2, -0.15) is 10.5 Å². The highest BCUT2D eigenvalue weighted by Gasteiger charge is 2.30. The van der Waals surface area contributed by atoms with Crippen LogP contribution in [-0.4, -0.2) is 42.7 Å². The van der Waals surface area contributed by atoms with Crippen molar-refractivity contribution < 1.29 is 9.18 Å². The van der Waals surface area contributed by atoms with E-state index >= 15 is 0 Å². The summed E-state index contributed by atoms with van der Waals surface area (Å²) in [4.78, 5) is 17.8. The minimum Gasteiger partial charge on any atom is -0.352 e. The average molecular weight is 482 g/mol. The minimum atomic E-state index is -1.20. The maximum atomic E-state index is 14.3. The van der Waals surface area contributed by atoms with E-state index in [1.165, 1.54) is 11.8 Å². The van der Waals surface area contributed by atoms with Crippen LogP contribution in [0.1, 0.15) is 41.2 Å². The van der Waals surface area contributed by atoms with Crippen LogP contribution >= 0.6 is 11.8 Å². The number of alkyl halides is 1. The molecule has 2 atom stereocenters. The second-order valence-corrected chi connectivity index (χ2v) is 9.01. The fourth-order valence-electron chi connectivity index (χ4n) is 3.81. The summed E-state index contributed by atoms with van der Waals surface area (Å²) < 4.78 is 14.3. The number of carbonyl (C=O) groups excluding carboxylic acids is 1. The normalized spacial score (nSPS) is 17.6. The monoisotopic (exact) mass is 481 g/mol. The molecule has 1 saturated heterocycles. The Hall–Kier alpha value is -3.18. The second kappa shape index (κ2) is 11.8. The van der Waals surface area contributed by atoms with E-state index in [1.54, 1.807) is 4.90 Å². The molecule has 0 saturated carbocycles. The van der Waals surface area contributed by atoms with Crippen LogP contribution in [0.3, 0.4) is 0 Å². The zero-order valence-electron chi connectivity index (χ0n) is 19.1. The number of pyridine rings is 1. The lowest BCUT2D eigenvalue weighted by Gasteiger charge is -2.34. The van der Waals surface area contributed by atoms with Gasteiger partial charge in [-0.15, -0.1) is 11.8 Å². The number of halogens is 1. The van der Waals surface area contributed by atoms with Gasteiger partial charge in [0.25, 0.3) is 0 Å². The molecule has 0 bridgehead atoms. The van der Waals surface area contributed by atoms with Crippen molar-refractivity contribution in [3.63, 3.8) is 0 Å². The summed E-state index contributed by atoms with van der Waals surface area (Å²) in [6.07, 6.45) is -0.243. The van der Waals surface area contributed by atoms with Gasteiger partial charge in [0.1, 0.15) is 29.2 Å². The third kappa shape index (κ3) is 5.84. The van der Waals surface area contributed by atoms with E-state index in [0.717, 1.165) is 11.1 Å². The fourth-order valence-corrected chi connectivity index (χ4v) is 4.77. The molecule has 0 spiro atoms. The lowest BCUT2D eigenvalue weighted by atomic mass is 9.99. The van der Waals surface area contributed by atoms with E-state index in [1.807, 2.05) is 31.2 Å². The Morgan fingerprint density at radius 2 is 1.94 bits per heavy atom. The Morgan fingerprint density at radius 1 is 1.26 bits per heavy atom. The van der Waals surface area contributed by atoms with Crippen LogP contribution in [0.2, 0.25) is 0 Å². The predicted octanol–water partition coefficient (Wildman–Crippen LogP) is 2.13. The number of hydrogen-bond acceptors (Lipinski definition) is 8.